The second-order valence-electron chi connectivity index (χ2n) is 11.6. The maximum Gasteiger partial charge on any atom is 0.410 e. The molecular weight excluding hydrogens is 500 g/mol. The summed E-state index contributed by atoms with van der Waals surface area (Å²) in [5, 5.41) is 15.6. The molecule has 3 unspecified atom stereocenters. The highest BCUT2D eigenvalue weighted by molar-refractivity contribution is 6.99. The van der Waals surface area contributed by atoms with Crippen LogP contribution in [0.15, 0.2) is 60.7 Å². The minimum Gasteiger partial charge on any atom is -0.450 e. The second kappa shape index (κ2) is 11.9. The van der Waals surface area contributed by atoms with E-state index in [0.29, 0.717) is 0 Å². The molecule has 0 aliphatic carbocycles. The normalized spacial score (nSPS) is 20.2. The predicted molar refractivity (Wildman–Crippen MR) is 150 cm³/mol. The monoisotopic (exact) mass is 542 g/mol. The highest BCUT2D eigenvalue weighted by Crippen LogP contribution is 2.37. The third kappa shape index (κ3) is 6.57. The topological polar surface area (TPSA) is 97.3 Å². The Hall–Kier alpha value is -2.88. The zero-order chi connectivity index (χ0) is 28.1. The van der Waals surface area contributed by atoms with E-state index >= 15 is 0 Å². The van der Waals surface area contributed by atoms with Crippen molar-refractivity contribution in [1.29, 1.82) is 0 Å². The van der Waals surface area contributed by atoms with Crippen molar-refractivity contribution in [2.24, 2.45) is 0 Å². The number of ether oxygens (including phenoxy) is 2. The molecule has 1 aliphatic heterocycles. The summed E-state index contributed by atoms with van der Waals surface area (Å²) in [5.41, 5.74) is -0.724. The molecule has 0 bridgehead atoms. The molecule has 8 nitrogen and oxygen atoms in total. The number of hydrogen-bond acceptors (Lipinski definition) is 6. The van der Waals surface area contributed by atoms with Gasteiger partial charge in [-0.3, -0.25) is 4.90 Å². The van der Waals surface area contributed by atoms with E-state index in [0.717, 1.165) is 10.4 Å². The number of hydrogen-bond donors (Lipinski definition) is 2. The molecule has 3 atom stereocenters. The van der Waals surface area contributed by atoms with Crippen LogP contribution >= 0.6 is 0 Å². The minimum atomic E-state index is -2.94. The molecule has 1 aliphatic rings. The van der Waals surface area contributed by atoms with Crippen LogP contribution in [-0.4, -0.2) is 74.1 Å². The summed E-state index contributed by atoms with van der Waals surface area (Å²) in [6, 6.07) is 18.9. The molecule has 1 fully saturated rings. The van der Waals surface area contributed by atoms with Gasteiger partial charge in [-0.1, -0.05) is 81.4 Å². The molecule has 38 heavy (non-hydrogen) atoms. The fourth-order valence-corrected chi connectivity index (χ4v) is 9.67. The molecule has 0 aromatic heterocycles. The van der Waals surface area contributed by atoms with E-state index < -0.39 is 44.3 Å². The Morgan fingerprint density at radius 1 is 0.974 bits per heavy atom. The van der Waals surface area contributed by atoms with Crippen LogP contribution in [0.2, 0.25) is 5.04 Å². The number of likely N-dealkylation sites (tertiary alicyclic amines) is 1. The van der Waals surface area contributed by atoms with Gasteiger partial charge in [0.15, 0.2) is 0 Å². The molecule has 1 saturated heterocycles. The van der Waals surface area contributed by atoms with Gasteiger partial charge in [0.1, 0.15) is 5.60 Å². The van der Waals surface area contributed by atoms with Crippen molar-refractivity contribution < 1.29 is 28.6 Å². The molecule has 208 valence electrons. The second-order valence-corrected chi connectivity index (χ2v) is 15.9. The maximum atomic E-state index is 13.2. The van der Waals surface area contributed by atoms with Gasteiger partial charge >= 0.3 is 12.2 Å². The Balaban J connectivity index is 2.05. The summed E-state index contributed by atoms with van der Waals surface area (Å²) in [6.45, 7) is 13.9. The van der Waals surface area contributed by atoms with Gasteiger partial charge in [-0.25, -0.2) is 9.59 Å². The van der Waals surface area contributed by atoms with Gasteiger partial charge in [-0.15, -0.1) is 0 Å². The van der Waals surface area contributed by atoms with Crippen LogP contribution in [0.3, 0.4) is 0 Å². The smallest absolute Gasteiger partial charge is 0.410 e. The quantitative estimate of drug-likeness (QED) is 0.519. The Morgan fingerprint density at radius 3 is 1.95 bits per heavy atom. The van der Waals surface area contributed by atoms with Crippen LogP contribution in [0.1, 0.15) is 48.5 Å². The maximum absolute atomic E-state index is 13.2. The van der Waals surface area contributed by atoms with Crippen molar-refractivity contribution in [3.63, 3.8) is 0 Å². The molecule has 0 spiro atoms. The molecule has 0 saturated carbocycles. The number of amides is 2. The third-order valence-corrected chi connectivity index (χ3v) is 11.7. The van der Waals surface area contributed by atoms with Gasteiger partial charge in [0.25, 0.3) is 8.32 Å². The molecular formula is C29H42N2O6Si. The van der Waals surface area contributed by atoms with E-state index in [4.69, 9.17) is 13.9 Å². The number of aliphatic hydroxyl groups excluding tert-OH is 1. The zero-order valence-electron chi connectivity index (χ0n) is 23.6. The fourth-order valence-electron chi connectivity index (χ4n) is 5.10. The lowest BCUT2D eigenvalue weighted by Gasteiger charge is -2.44. The summed E-state index contributed by atoms with van der Waals surface area (Å²) in [4.78, 5) is 27.1. The summed E-state index contributed by atoms with van der Waals surface area (Å²) >= 11 is 0. The molecule has 3 rings (SSSR count). The first-order valence-corrected chi connectivity index (χ1v) is 15.1. The van der Waals surface area contributed by atoms with Crippen molar-refractivity contribution in [2.75, 3.05) is 19.8 Å². The molecule has 1 heterocycles. The van der Waals surface area contributed by atoms with Crippen LogP contribution < -0.4 is 15.7 Å². The average molecular weight is 543 g/mol. The Morgan fingerprint density at radius 2 is 1.50 bits per heavy atom. The fraction of sp³-hybridized carbons (Fsp3) is 0.517. The Labute approximate surface area is 227 Å². The number of aliphatic hydroxyl groups is 1. The van der Waals surface area contributed by atoms with Crippen LogP contribution in [0.25, 0.3) is 0 Å². The average Bonchev–Trinajstić information content (AvgIpc) is 3.14. The summed E-state index contributed by atoms with van der Waals surface area (Å²) in [7, 11) is -2.94. The van der Waals surface area contributed by atoms with Crippen LogP contribution in [0.4, 0.5) is 9.59 Å². The van der Waals surface area contributed by atoms with Crippen molar-refractivity contribution in [3.05, 3.63) is 60.7 Å². The van der Waals surface area contributed by atoms with E-state index in [-0.39, 0.29) is 24.8 Å². The number of rotatable bonds is 7. The van der Waals surface area contributed by atoms with Crippen LogP contribution in [-0.2, 0) is 13.9 Å². The molecule has 2 amide bonds. The van der Waals surface area contributed by atoms with Gasteiger partial charge in [0, 0.05) is 0 Å². The summed E-state index contributed by atoms with van der Waals surface area (Å²) in [6.07, 6.45) is -2.24. The SMILES string of the molecule is CCOC(=O)NC1C(O)CN(C(=O)OC(C)(C)C)C1CO[Si](c1ccccc1)(c1ccccc1)C(C)(C)C. The molecule has 0 radical (unpaired) electrons. The van der Waals surface area contributed by atoms with E-state index in [1.54, 1.807) is 27.7 Å². The van der Waals surface area contributed by atoms with Crippen molar-refractivity contribution in [1.82, 2.24) is 10.2 Å². The Bertz CT molecular complexity index is 1030. The molecule has 2 aromatic rings. The lowest BCUT2D eigenvalue weighted by molar-refractivity contribution is 0.0160. The number of nitrogens with one attached hydrogen (secondary N) is 1. The highest BCUT2D eigenvalue weighted by Gasteiger charge is 2.53. The molecule has 2 aromatic carbocycles. The first-order chi connectivity index (χ1) is 17.8. The van der Waals surface area contributed by atoms with Gasteiger partial charge in [0.2, 0.25) is 0 Å². The number of carbonyl (C=O) groups is 2. The zero-order valence-corrected chi connectivity index (χ0v) is 24.6. The molecule has 9 heteroatoms. The lowest BCUT2D eigenvalue weighted by atomic mass is 10.1. The summed E-state index contributed by atoms with van der Waals surface area (Å²) < 4.78 is 17.8. The number of carbonyl (C=O) groups excluding carboxylic acids is 2. The van der Waals surface area contributed by atoms with E-state index in [9.17, 15) is 14.7 Å². The van der Waals surface area contributed by atoms with E-state index in [2.05, 4.69) is 50.4 Å². The van der Waals surface area contributed by atoms with Crippen molar-refractivity contribution >= 4 is 30.9 Å². The van der Waals surface area contributed by atoms with Crippen LogP contribution in [0.5, 0.6) is 0 Å². The Kier molecular flexibility index (Phi) is 9.28. The van der Waals surface area contributed by atoms with Gasteiger partial charge < -0.3 is 24.3 Å². The number of β-amino-alcohol motifs (C(OH)–C–C–N with tert-alkyl or cyclic N) is 1. The van der Waals surface area contributed by atoms with Gasteiger partial charge in [0.05, 0.1) is 37.9 Å². The number of nitrogens with zero attached hydrogens (tertiary/aromatic N) is 1. The van der Waals surface area contributed by atoms with Crippen LogP contribution in [0, 0.1) is 0 Å². The predicted octanol–water partition coefficient (Wildman–Crippen LogP) is 3.66. The first-order valence-electron chi connectivity index (χ1n) is 13.2. The largest absolute Gasteiger partial charge is 0.450 e. The number of alkyl carbamates (subject to hydrolysis) is 1. The standard InChI is InChI=1S/C29H42N2O6Si/c1-8-35-26(33)30-25-23(31(19-24(25)32)27(34)37-28(2,3)4)20-36-38(29(5,6)7,21-15-11-9-12-16-21)22-17-13-10-14-18-22/h9-18,23-25,32H,8,19-20H2,1-7H3,(H,30,33). The third-order valence-electron chi connectivity index (χ3n) is 6.69. The summed E-state index contributed by atoms with van der Waals surface area (Å²) in [5.74, 6) is 0. The number of benzene rings is 2. The van der Waals surface area contributed by atoms with E-state index in [1.165, 1.54) is 4.90 Å². The van der Waals surface area contributed by atoms with Crippen molar-refractivity contribution in [2.45, 2.75) is 77.3 Å². The van der Waals surface area contributed by atoms with Crippen molar-refractivity contribution in [3.8, 4) is 0 Å². The first kappa shape index (κ1) is 29.7. The lowest BCUT2D eigenvalue weighted by Crippen LogP contribution is -2.68. The molecule has 2 N–H and O–H groups in total. The van der Waals surface area contributed by atoms with Gasteiger partial charge in [-0.05, 0) is 43.1 Å². The minimum absolute atomic E-state index is 0.000753. The van der Waals surface area contributed by atoms with Gasteiger partial charge in [-0.2, -0.15) is 0 Å². The highest BCUT2D eigenvalue weighted by atomic mass is 28.4. The van der Waals surface area contributed by atoms with E-state index in [1.807, 2.05) is 36.4 Å².